The zero-order chi connectivity index (χ0) is 13.1. The van der Waals surface area contributed by atoms with Crippen LogP contribution >= 0.6 is 0 Å². The minimum Gasteiger partial charge on any atom is -0.480 e. The molecule has 1 N–H and O–H groups in total. The molecule has 0 aliphatic carbocycles. The van der Waals surface area contributed by atoms with Gasteiger partial charge < -0.3 is 9.84 Å². The fourth-order valence-corrected chi connectivity index (χ4v) is 3.32. The summed E-state index contributed by atoms with van der Waals surface area (Å²) in [5, 5.41) is 8.96. The van der Waals surface area contributed by atoms with Gasteiger partial charge in [-0.2, -0.15) is 17.0 Å². The molecule has 1 heterocycles. The summed E-state index contributed by atoms with van der Waals surface area (Å²) in [7, 11) is -0.795. The quantitative estimate of drug-likeness (QED) is 0.691. The number of carbonyl (C=O) groups is 1. The summed E-state index contributed by atoms with van der Waals surface area (Å²) >= 11 is 0. The van der Waals surface area contributed by atoms with Crippen LogP contribution in [0.2, 0.25) is 0 Å². The van der Waals surface area contributed by atoms with Crippen LogP contribution in [0.3, 0.4) is 0 Å². The molecule has 0 radical (unpaired) electrons. The minimum absolute atomic E-state index is 0.210. The number of carboxylic acids is 1. The van der Waals surface area contributed by atoms with Crippen LogP contribution in [0, 0.1) is 0 Å². The van der Waals surface area contributed by atoms with Crippen LogP contribution in [0.25, 0.3) is 0 Å². The van der Waals surface area contributed by atoms with Gasteiger partial charge in [0.15, 0.2) is 0 Å². The molecule has 1 aliphatic rings. The molecule has 0 aromatic carbocycles. The lowest BCUT2D eigenvalue weighted by atomic mass is 10.2. The van der Waals surface area contributed by atoms with Gasteiger partial charge in [0, 0.05) is 27.2 Å². The molecule has 100 valence electrons. The molecule has 17 heavy (non-hydrogen) atoms. The van der Waals surface area contributed by atoms with Crippen LogP contribution in [0.4, 0.5) is 0 Å². The molecule has 0 spiro atoms. The lowest BCUT2D eigenvalue weighted by molar-refractivity contribution is -0.140. The molecule has 0 saturated carbocycles. The molecular formula is C9H18N2O5S. The predicted octanol–water partition coefficient (Wildman–Crippen LogP) is -0.642. The molecule has 1 rings (SSSR count). The number of nitrogens with zero attached hydrogens (tertiary/aromatic N) is 2. The maximum Gasteiger partial charge on any atom is 0.322 e. The number of methoxy groups -OCH3 is 1. The number of hydrogen-bond acceptors (Lipinski definition) is 4. The second-order valence-corrected chi connectivity index (χ2v) is 5.92. The standard InChI is InChI=1S/C9H18N2O5S/c1-10(6-7-16-2)17(14,15)11-5-3-4-8(11)9(12)13/h8H,3-7H2,1-2H3,(H,12,13)/t8-/m0/s1. The van der Waals surface area contributed by atoms with Crippen molar-refractivity contribution in [1.82, 2.24) is 8.61 Å². The van der Waals surface area contributed by atoms with Gasteiger partial charge in [0.2, 0.25) is 0 Å². The smallest absolute Gasteiger partial charge is 0.322 e. The van der Waals surface area contributed by atoms with Crippen LogP contribution in [-0.4, -0.2) is 68.0 Å². The normalized spacial score (nSPS) is 22.2. The van der Waals surface area contributed by atoms with Crippen LogP contribution in [0.5, 0.6) is 0 Å². The summed E-state index contributed by atoms with van der Waals surface area (Å²) in [5.41, 5.74) is 0. The molecule has 0 aromatic heterocycles. The second-order valence-electron chi connectivity index (χ2n) is 3.93. The van der Waals surface area contributed by atoms with E-state index in [1.54, 1.807) is 0 Å². The molecule has 0 bridgehead atoms. The highest BCUT2D eigenvalue weighted by molar-refractivity contribution is 7.86. The Hall–Kier alpha value is -0.700. The third kappa shape index (κ3) is 3.15. The molecule has 1 fully saturated rings. The minimum atomic E-state index is -3.70. The van der Waals surface area contributed by atoms with E-state index in [0.717, 1.165) is 8.61 Å². The monoisotopic (exact) mass is 266 g/mol. The predicted molar refractivity (Wildman–Crippen MR) is 60.8 cm³/mol. The Labute approximate surface area is 101 Å². The van der Waals surface area contributed by atoms with E-state index in [0.29, 0.717) is 12.8 Å². The number of carboxylic acid groups (broad SMARTS) is 1. The fraction of sp³-hybridized carbons (Fsp3) is 0.889. The van der Waals surface area contributed by atoms with Crippen LogP contribution in [0.15, 0.2) is 0 Å². The Bertz CT molecular complexity index is 370. The number of ether oxygens (including phenoxy) is 1. The van der Waals surface area contributed by atoms with E-state index in [9.17, 15) is 13.2 Å². The van der Waals surface area contributed by atoms with E-state index in [-0.39, 0.29) is 19.7 Å². The number of hydrogen-bond donors (Lipinski definition) is 1. The van der Waals surface area contributed by atoms with Gasteiger partial charge in [-0.05, 0) is 12.8 Å². The highest BCUT2D eigenvalue weighted by Gasteiger charge is 2.40. The zero-order valence-electron chi connectivity index (χ0n) is 10.00. The van der Waals surface area contributed by atoms with Crippen molar-refractivity contribution < 1.29 is 23.1 Å². The van der Waals surface area contributed by atoms with Gasteiger partial charge >= 0.3 is 5.97 Å². The summed E-state index contributed by atoms with van der Waals surface area (Å²) in [5.74, 6) is -1.09. The van der Waals surface area contributed by atoms with Gasteiger partial charge in [-0.1, -0.05) is 0 Å². The SMILES string of the molecule is COCCN(C)S(=O)(=O)N1CCC[C@H]1C(=O)O. The van der Waals surface area contributed by atoms with Crippen molar-refractivity contribution in [3.8, 4) is 0 Å². The van der Waals surface area contributed by atoms with E-state index < -0.39 is 22.2 Å². The van der Waals surface area contributed by atoms with Crippen LogP contribution in [-0.2, 0) is 19.7 Å². The van der Waals surface area contributed by atoms with Crippen molar-refractivity contribution in [3.63, 3.8) is 0 Å². The van der Waals surface area contributed by atoms with Crippen molar-refractivity contribution in [2.75, 3.05) is 33.9 Å². The van der Waals surface area contributed by atoms with Crippen LogP contribution < -0.4 is 0 Å². The highest BCUT2D eigenvalue weighted by Crippen LogP contribution is 2.22. The Morgan fingerprint density at radius 2 is 2.24 bits per heavy atom. The van der Waals surface area contributed by atoms with Crippen molar-refractivity contribution in [3.05, 3.63) is 0 Å². The molecule has 0 aromatic rings. The van der Waals surface area contributed by atoms with Gasteiger partial charge in [-0.15, -0.1) is 0 Å². The number of likely N-dealkylation sites (N-methyl/N-ethyl adjacent to an activating group) is 1. The zero-order valence-corrected chi connectivity index (χ0v) is 10.8. The van der Waals surface area contributed by atoms with Crippen molar-refractivity contribution in [2.24, 2.45) is 0 Å². The average molecular weight is 266 g/mol. The Balaban J connectivity index is 2.78. The average Bonchev–Trinajstić information content (AvgIpc) is 2.75. The summed E-state index contributed by atoms with van der Waals surface area (Å²) < 4.78 is 31.1. The largest absolute Gasteiger partial charge is 0.480 e. The molecule has 8 heteroatoms. The first-order valence-corrected chi connectivity index (χ1v) is 6.75. The summed E-state index contributed by atoms with van der Waals surface area (Å²) in [6.07, 6.45) is 0.945. The van der Waals surface area contributed by atoms with Gasteiger partial charge in [-0.3, -0.25) is 4.79 Å². The Kier molecular flexibility index (Phi) is 4.87. The van der Waals surface area contributed by atoms with Crippen molar-refractivity contribution >= 4 is 16.2 Å². The number of rotatable bonds is 6. The highest BCUT2D eigenvalue weighted by atomic mass is 32.2. The molecule has 0 amide bonds. The van der Waals surface area contributed by atoms with E-state index in [1.165, 1.54) is 14.2 Å². The van der Waals surface area contributed by atoms with Gasteiger partial charge in [0.25, 0.3) is 10.2 Å². The third-order valence-electron chi connectivity index (χ3n) is 2.79. The lowest BCUT2D eigenvalue weighted by Crippen LogP contribution is -2.47. The first kappa shape index (κ1) is 14.4. The molecule has 1 atom stereocenters. The van der Waals surface area contributed by atoms with Gasteiger partial charge in [-0.25, -0.2) is 0 Å². The molecule has 1 saturated heterocycles. The topological polar surface area (TPSA) is 87.2 Å². The summed E-state index contributed by atoms with van der Waals surface area (Å²) in [4.78, 5) is 10.9. The lowest BCUT2D eigenvalue weighted by Gasteiger charge is -2.26. The first-order valence-electron chi connectivity index (χ1n) is 5.36. The Morgan fingerprint density at radius 3 is 2.76 bits per heavy atom. The molecular weight excluding hydrogens is 248 g/mol. The van der Waals surface area contributed by atoms with Crippen molar-refractivity contribution in [2.45, 2.75) is 18.9 Å². The van der Waals surface area contributed by atoms with E-state index in [2.05, 4.69) is 0 Å². The molecule has 1 aliphatic heterocycles. The van der Waals surface area contributed by atoms with Crippen molar-refractivity contribution in [1.29, 1.82) is 0 Å². The van der Waals surface area contributed by atoms with E-state index in [1.807, 2.05) is 0 Å². The van der Waals surface area contributed by atoms with E-state index >= 15 is 0 Å². The maximum absolute atomic E-state index is 12.1. The van der Waals surface area contributed by atoms with Gasteiger partial charge in [0.1, 0.15) is 6.04 Å². The molecule has 0 unspecified atom stereocenters. The number of aliphatic carboxylic acids is 1. The second kappa shape index (κ2) is 5.76. The van der Waals surface area contributed by atoms with Gasteiger partial charge in [0.05, 0.1) is 6.61 Å². The maximum atomic E-state index is 12.1. The van der Waals surface area contributed by atoms with Crippen LogP contribution in [0.1, 0.15) is 12.8 Å². The summed E-state index contributed by atoms with van der Waals surface area (Å²) in [6.45, 7) is 0.750. The van der Waals surface area contributed by atoms with E-state index in [4.69, 9.17) is 9.84 Å². The summed E-state index contributed by atoms with van der Waals surface area (Å²) in [6, 6.07) is -0.940. The first-order chi connectivity index (χ1) is 7.91. The fourth-order valence-electron chi connectivity index (χ4n) is 1.78. The molecule has 7 nitrogen and oxygen atoms in total. The Morgan fingerprint density at radius 1 is 1.59 bits per heavy atom. The third-order valence-corrected chi connectivity index (χ3v) is 4.79.